The van der Waals surface area contributed by atoms with E-state index < -0.39 is 10.0 Å². The van der Waals surface area contributed by atoms with Gasteiger partial charge in [0.05, 0.1) is 11.8 Å². The SMILES string of the molecule is Cc1ccc(C)c(C(C)NC(=O)c2ccc(CS(=O)(=O)N3CCCC3)cc2)c1. The van der Waals surface area contributed by atoms with Crippen molar-refractivity contribution in [3.63, 3.8) is 0 Å². The van der Waals surface area contributed by atoms with Crippen molar-refractivity contribution in [1.29, 1.82) is 0 Å². The number of nitrogens with one attached hydrogen (secondary N) is 1. The van der Waals surface area contributed by atoms with E-state index in [1.54, 1.807) is 28.6 Å². The van der Waals surface area contributed by atoms with Crippen LogP contribution in [0.25, 0.3) is 0 Å². The monoisotopic (exact) mass is 400 g/mol. The minimum absolute atomic E-state index is 0.0201. The molecule has 1 N–H and O–H groups in total. The highest BCUT2D eigenvalue weighted by Crippen LogP contribution is 2.20. The molecule has 0 spiro atoms. The normalized spacial score (nSPS) is 16.1. The second-order valence-electron chi connectivity index (χ2n) is 7.61. The molecule has 5 nitrogen and oxygen atoms in total. The van der Waals surface area contributed by atoms with Gasteiger partial charge in [-0.25, -0.2) is 12.7 Å². The maximum absolute atomic E-state index is 12.6. The summed E-state index contributed by atoms with van der Waals surface area (Å²) in [6.45, 7) is 7.26. The molecule has 3 rings (SSSR count). The van der Waals surface area contributed by atoms with Crippen molar-refractivity contribution in [3.8, 4) is 0 Å². The number of rotatable bonds is 6. The number of hydrogen-bond donors (Lipinski definition) is 1. The molecular weight excluding hydrogens is 372 g/mol. The molecule has 0 bridgehead atoms. The summed E-state index contributed by atoms with van der Waals surface area (Å²) in [6.07, 6.45) is 1.86. The Bertz CT molecular complexity index is 946. The van der Waals surface area contributed by atoms with Gasteiger partial charge in [-0.1, -0.05) is 35.9 Å². The smallest absolute Gasteiger partial charge is 0.251 e. The van der Waals surface area contributed by atoms with Gasteiger partial charge in [-0.3, -0.25) is 4.79 Å². The molecule has 1 heterocycles. The second kappa shape index (κ2) is 8.45. The molecule has 1 atom stereocenters. The molecule has 0 saturated carbocycles. The largest absolute Gasteiger partial charge is 0.346 e. The molecule has 1 aliphatic heterocycles. The molecule has 6 heteroatoms. The van der Waals surface area contributed by atoms with Crippen LogP contribution in [-0.4, -0.2) is 31.7 Å². The van der Waals surface area contributed by atoms with Gasteiger partial charge in [-0.15, -0.1) is 0 Å². The second-order valence-corrected chi connectivity index (χ2v) is 9.58. The van der Waals surface area contributed by atoms with E-state index in [1.807, 2.05) is 20.8 Å². The predicted octanol–water partition coefficient (Wildman–Crippen LogP) is 3.72. The third kappa shape index (κ3) is 4.80. The van der Waals surface area contributed by atoms with Crippen molar-refractivity contribution >= 4 is 15.9 Å². The topological polar surface area (TPSA) is 66.5 Å². The quantitative estimate of drug-likeness (QED) is 0.804. The van der Waals surface area contributed by atoms with Crippen LogP contribution in [0, 0.1) is 13.8 Å². The minimum Gasteiger partial charge on any atom is -0.346 e. The van der Waals surface area contributed by atoms with Gasteiger partial charge in [-0.05, 0) is 62.4 Å². The fourth-order valence-electron chi connectivity index (χ4n) is 3.60. The first-order valence-electron chi connectivity index (χ1n) is 9.71. The van der Waals surface area contributed by atoms with Crippen molar-refractivity contribution in [2.45, 2.75) is 45.4 Å². The van der Waals surface area contributed by atoms with Gasteiger partial charge in [0.1, 0.15) is 0 Å². The van der Waals surface area contributed by atoms with E-state index in [9.17, 15) is 13.2 Å². The molecular formula is C22H28N2O3S. The Morgan fingerprint density at radius 3 is 2.36 bits per heavy atom. The molecule has 2 aromatic rings. The summed E-state index contributed by atoms with van der Waals surface area (Å²) >= 11 is 0. The highest BCUT2D eigenvalue weighted by Gasteiger charge is 2.25. The van der Waals surface area contributed by atoms with Crippen LogP contribution >= 0.6 is 0 Å². The summed E-state index contributed by atoms with van der Waals surface area (Å²) in [5, 5.41) is 3.03. The Labute approximate surface area is 167 Å². The zero-order chi connectivity index (χ0) is 20.3. The van der Waals surface area contributed by atoms with Gasteiger partial charge in [0.2, 0.25) is 10.0 Å². The average molecular weight is 401 g/mol. The Hall–Kier alpha value is -2.18. The van der Waals surface area contributed by atoms with E-state index in [4.69, 9.17) is 0 Å². The van der Waals surface area contributed by atoms with E-state index in [0.29, 0.717) is 24.2 Å². The standard InChI is InChI=1S/C22H28N2O3S/c1-16-6-7-17(2)21(14-16)18(3)23-22(25)20-10-8-19(9-11-20)15-28(26,27)24-12-4-5-13-24/h6-11,14,18H,4-5,12-13,15H2,1-3H3,(H,23,25). The first kappa shape index (κ1) is 20.6. The highest BCUT2D eigenvalue weighted by molar-refractivity contribution is 7.88. The summed E-state index contributed by atoms with van der Waals surface area (Å²) in [7, 11) is -3.28. The van der Waals surface area contributed by atoms with Crippen LogP contribution in [0.1, 0.15) is 58.4 Å². The minimum atomic E-state index is -3.28. The summed E-state index contributed by atoms with van der Waals surface area (Å²) in [5.74, 6) is -0.185. The molecule has 0 aromatic heterocycles. The average Bonchev–Trinajstić information content (AvgIpc) is 3.19. The number of sulfonamides is 1. The molecule has 1 amide bonds. The highest BCUT2D eigenvalue weighted by atomic mass is 32.2. The molecule has 0 aliphatic carbocycles. The third-order valence-electron chi connectivity index (χ3n) is 5.27. The maximum Gasteiger partial charge on any atom is 0.251 e. The molecule has 1 aliphatic rings. The van der Waals surface area contributed by atoms with E-state index in [2.05, 4.69) is 23.5 Å². The van der Waals surface area contributed by atoms with E-state index in [1.165, 1.54) is 0 Å². The van der Waals surface area contributed by atoms with Crippen LogP contribution in [0.3, 0.4) is 0 Å². The number of carbonyl (C=O) groups excluding carboxylic acids is 1. The lowest BCUT2D eigenvalue weighted by Crippen LogP contribution is -2.29. The first-order valence-corrected chi connectivity index (χ1v) is 11.3. The maximum atomic E-state index is 12.6. The summed E-state index contributed by atoms with van der Waals surface area (Å²) in [5.41, 5.74) is 4.62. The van der Waals surface area contributed by atoms with Crippen LogP contribution in [0.15, 0.2) is 42.5 Å². The Morgan fingerprint density at radius 1 is 1.07 bits per heavy atom. The number of aryl methyl sites for hydroxylation is 2. The van der Waals surface area contributed by atoms with Gasteiger partial charge in [0.15, 0.2) is 0 Å². The lowest BCUT2D eigenvalue weighted by Gasteiger charge is -2.18. The van der Waals surface area contributed by atoms with Crippen molar-refractivity contribution in [2.75, 3.05) is 13.1 Å². The van der Waals surface area contributed by atoms with Gasteiger partial charge in [0.25, 0.3) is 5.91 Å². The fourth-order valence-corrected chi connectivity index (χ4v) is 5.22. The summed E-state index contributed by atoms with van der Waals surface area (Å²) in [6, 6.07) is 12.9. The van der Waals surface area contributed by atoms with Crippen LogP contribution in [0.2, 0.25) is 0 Å². The molecule has 1 unspecified atom stereocenters. The zero-order valence-corrected chi connectivity index (χ0v) is 17.6. The lowest BCUT2D eigenvalue weighted by molar-refractivity contribution is 0.0940. The van der Waals surface area contributed by atoms with Gasteiger partial charge in [-0.2, -0.15) is 0 Å². The number of benzene rings is 2. The molecule has 28 heavy (non-hydrogen) atoms. The predicted molar refractivity (Wildman–Crippen MR) is 112 cm³/mol. The number of amides is 1. The van der Waals surface area contributed by atoms with Crippen LogP contribution in [0.4, 0.5) is 0 Å². The molecule has 150 valence electrons. The summed E-state index contributed by atoms with van der Waals surface area (Å²) in [4.78, 5) is 12.6. The Balaban J connectivity index is 1.65. The number of carbonyl (C=O) groups is 1. The lowest BCUT2D eigenvalue weighted by atomic mass is 9.99. The van der Waals surface area contributed by atoms with Gasteiger partial charge < -0.3 is 5.32 Å². The summed E-state index contributed by atoms with van der Waals surface area (Å²) < 4.78 is 26.4. The molecule has 2 aromatic carbocycles. The van der Waals surface area contributed by atoms with E-state index in [0.717, 1.165) is 29.5 Å². The van der Waals surface area contributed by atoms with Gasteiger partial charge >= 0.3 is 0 Å². The Morgan fingerprint density at radius 2 is 1.71 bits per heavy atom. The van der Waals surface area contributed by atoms with Crippen molar-refractivity contribution in [3.05, 3.63) is 70.3 Å². The van der Waals surface area contributed by atoms with Crippen molar-refractivity contribution in [1.82, 2.24) is 9.62 Å². The molecule has 1 saturated heterocycles. The fraction of sp³-hybridized carbons (Fsp3) is 0.409. The van der Waals surface area contributed by atoms with Crippen LogP contribution in [0.5, 0.6) is 0 Å². The van der Waals surface area contributed by atoms with Gasteiger partial charge in [0, 0.05) is 18.7 Å². The number of nitrogens with zero attached hydrogens (tertiary/aromatic N) is 1. The zero-order valence-electron chi connectivity index (χ0n) is 16.7. The molecule has 1 fully saturated rings. The first-order chi connectivity index (χ1) is 13.3. The number of hydrogen-bond acceptors (Lipinski definition) is 3. The van der Waals surface area contributed by atoms with E-state index >= 15 is 0 Å². The van der Waals surface area contributed by atoms with E-state index in [-0.39, 0.29) is 17.7 Å². The third-order valence-corrected chi connectivity index (χ3v) is 7.12. The van der Waals surface area contributed by atoms with Crippen molar-refractivity contribution < 1.29 is 13.2 Å². The van der Waals surface area contributed by atoms with Crippen molar-refractivity contribution in [2.24, 2.45) is 0 Å². The Kier molecular flexibility index (Phi) is 6.20. The van der Waals surface area contributed by atoms with Crippen LogP contribution < -0.4 is 5.32 Å². The molecule has 0 radical (unpaired) electrons. The van der Waals surface area contributed by atoms with Crippen LogP contribution in [-0.2, 0) is 15.8 Å².